The van der Waals surface area contributed by atoms with Gasteiger partial charge in [-0.05, 0) is 17.7 Å². The first-order chi connectivity index (χ1) is 6.65. The molecule has 1 aromatic rings. The first-order valence-electron chi connectivity index (χ1n) is 4.55. The van der Waals surface area contributed by atoms with Gasteiger partial charge in [0.25, 0.3) is 0 Å². The van der Waals surface area contributed by atoms with E-state index < -0.39 is 0 Å². The minimum atomic E-state index is -0.170. The van der Waals surface area contributed by atoms with E-state index in [9.17, 15) is 0 Å². The van der Waals surface area contributed by atoms with Gasteiger partial charge in [0.2, 0.25) is 0 Å². The van der Waals surface area contributed by atoms with Crippen LogP contribution in [0.1, 0.15) is 18.0 Å². The number of nitriles is 1. The van der Waals surface area contributed by atoms with Crippen molar-refractivity contribution >= 4 is 5.69 Å². The average Bonchev–Trinajstić information content (AvgIpc) is 2.18. The van der Waals surface area contributed by atoms with Crippen LogP contribution in [0.4, 0.5) is 5.69 Å². The summed E-state index contributed by atoms with van der Waals surface area (Å²) in [5.74, 6) is 0. The molecule has 1 aromatic carbocycles. The van der Waals surface area contributed by atoms with Crippen molar-refractivity contribution < 1.29 is 0 Å². The van der Waals surface area contributed by atoms with E-state index in [4.69, 9.17) is 11.0 Å². The molecule has 1 unspecified atom stereocenters. The molecule has 0 aromatic heterocycles. The third kappa shape index (κ3) is 2.48. The standard InChI is InChI=1S/C11H15N3/c1-14(2)10-5-3-9(4-6-10)11(13)7-8-12/h3-6,11H,7,13H2,1-2H3. The largest absolute Gasteiger partial charge is 0.378 e. The molecule has 0 bridgehead atoms. The zero-order valence-electron chi connectivity index (χ0n) is 8.57. The predicted octanol–water partition coefficient (Wildman–Crippen LogP) is 1.67. The zero-order valence-corrected chi connectivity index (χ0v) is 8.57. The molecule has 3 heteroatoms. The van der Waals surface area contributed by atoms with Gasteiger partial charge in [-0.2, -0.15) is 5.26 Å². The fraction of sp³-hybridized carbons (Fsp3) is 0.364. The van der Waals surface area contributed by atoms with Crippen LogP contribution in [0.3, 0.4) is 0 Å². The number of hydrogen-bond acceptors (Lipinski definition) is 3. The molecule has 0 saturated carbocycles. The molecule has 0 heterocycles. The maximum absolute atomic E-state index is 8.50. The Labute approximate surface area is 84.7 Å². The van der Waals surface area contributed by atoms with Crippen molar-refractivity contribution in [1.29, 1.82) is 5.26 Å². The van der Waals surface area contributed by atoms with Gasteiger partial charge in [0.05, 0.1) is 12.5 Å². The van der Waals surface area contributed by atoms with E-state index in [1.807, 2.05) is 43.3 Å². The normalized spacial score (nSPS) is 11.9. The highest BCUT2D eigenvalue weighted by Crippen LogP contribution is 2.17. The topological polar surface area (TPSA) is 53.0 Å². The molecule has 0 fully saturated rings. The van der Waals surface area contributed by atoms with Crippen LogP contribution < -0.4 is 10.6 Å². The zero-order chi connectivity index (χ0) is 10.6. The average molecular weight is 189 g/mol. The second kappa shape index (κ2) is 4.64. The second-order valence-corrected chi connectivity index (χ2v) is 3.45. The van der Waals surface area contributed by atoms with E-state index in [0.29, 0.717) is 6.42 Å². The lowest BCUT2D eigenvalue weighted by molar-refractivity contribution is 0.748. The smallest absolute Gasteiger partial charge is 0.0641 e. The molecule has 3 nitrogen and oxygen atoms in total. The summed E-state index contributed by atoms with van der Waals surface area (Å²) in [6.07, 6.45) is 0.362. The van der Waals surface area contributed by atoms with Gasteiger partial charge in [0.1, 0.15) is 0 Å². The van der Waals surface area contributed by atoms with Crippen molar-refractivity contribution in [3.63, 3.8) is 0 Å². The van der Waals surface area contributed by atoms with Gasteiger partial charge in [-0.25, -0.2) is 0 Å². The molecular formula is C11H15N3. The fourth-order valence-corrected chi connectivity index (χ4v) is 1.24. The summed E-state index contributed by atoms with van der Waals surface area (Å²) in [6, 6.07) is 9.85. The monoisotopic (exact) mass is 189 g/mol. The van der Waals surface area contributed by atoms with Crippen LogP contribution in [0.5, 0.6) is 0 Å². The van der Waals surface area contributed by atoms with Crippen molar-refractivity contribution in [3.05, 3.63) is 29.8 Å². The molecule has 1 atom stereocenters. The van der Waals surface area contributed by atoms with E-state index in [2.05, 4.69) is 6.07 Å². The quantitative estimate of drug-likeness (QED) is 0.786. The molecule has 0 aliphatic rings. The molecule has 1 rings (SSSR count). The summed E-state index contributed by atoms with van der Waals surface area (Å²) in [7, 11) is 3.98. The van der Waals surface area contributed by atoms with Crippen molar-refractivity contribution in [1.82, 2.24) is 0 Å². The number of nitrogens with two attached hydrogens (primary N) is 1. The molecule has 0 spiro atoms. The highest BCUT2D eigenvalue weighted by atomic mass is 15.1. The Hall–Kier alpha value is -1.53. The lowest BCUT2D eigenvalue weighted by Crippen LogP contribution is -2.11. The number of rotatable bonds is 3. The molecular weight excluding hydrogens is 174 g/mol. The van der Waals surface area contributed by atoms with Crippen LogP contribution in [-0.2, 0) is 0 Å². The van der Waals surface area contributed by atoms with Gasteiger partial charge in [-0.15, -0.1) is 0 Å². The molecule has 0 aliphatic heterocycles. The third-order valence-electron chi connectivity index (χ3n) is 2.15. The third-order valence-corrected chi connectivity index (χ3v) is 2.15. The minimum absolute atomic E-state index is 0.170. The van der Waals surface area contributed by atoms with E-state index >= 15 is 0 Å². The van der Waals surface area contributed by atoms with E-state index in [0.717, 1.165) is 11.3 Å². The van der Waals surface area contributed by atoms with Crippen LogP contribution in [0.25, 0.3) is 0 Å². The summed E-state index contributed by atoms with van der Waals surface area (Å²) in [6.45, 7) is 0. The summed E-state index contributed by atoms with van der Waals surface area (Å²) in [5.41, 5.74) is 7.94. The van der Waals surface area contributed by atoms with Gasteiger partial charge in [0.15, 0.2) is 0 Å². The second-order valence-electron chi connectivity index (χ2n) is 3.45. The predicted molar refractivity (Wildman–Crippen MR) is 57.9 cm³/mol. The lowest BCUT2D eigenvalue weighted by Gasteiger charge is -2.14. The van der Waals surface area contributed by atoms with E-state index in [1.54, 1.807) is 0 Å². The fourth-order valence-electron chi connectivity index (χ4n) is 1.24. The summed E-state index contributed by atoms with van der Waals surface area (Å²) in [4.78, 5) is 2.03. The van der Waals surface area contributed by atoms with Crippen LogP contribution in [-0.4, -0.2) is 14.1 Å². The minimum Gasteiger partial charge on any atom is -0.378 e. The summed E-state index contributed by atoms with van der Waals surface area (Å²) in [5, 5.41) is 8.50. The van der Waals surface area contributed by atoms with Crippen LogP contribution in [0.15, 0.2) is 24.3 Å². The van der Waals surface area contributed by atoms with Crippen molar-refractivity contribution in [2.75, 3.05) is 19.0 Å². The van der Waals surface area contributed by atoms with E-state index in [1.165, 1.54) is 0 Å². The highest BCUT2D eigenvalue weighted by molar-refractivity contribution is 5.46. The lowest BCUT2D eigenvalue weighted by atomic mass is 10.1. The molecule has 0 saturated heterocycles. The highest BCUT2D eigenvalue weighted by Gasteiger charge is 2.04. The Bertz CT molecular complexity index is 321. The number of nitrogens with zero attached hydrogens (tertiary/aromatic N) is 2. The molecule has 0 amide bonds. The molecule has 14 heavy (non-hydrogen) atoms. The van der Waals surface area contributed by atoms with Crippen molar-refractivity contribution in [2.45, 2.75) is 12.5 Å². The Morgan fingerprint density at radius 2 is 1.93 bits per heavy atom. The van der Waals surface area contributed by atoms with Crippen LogP contribution >= 0.6 is 0 Å². The van der Waals surface area contributed by atoms with E-state index in [-0.39, 0.29) is 6.04 Å². The summed E-state index contributed by atoms with van der Waals surface area (Å²) < 4.78 is 0. The maximum Gasteiger partial charge on any atom is 0.0641 e. The van der Waals surface area contributed by atoms with Crippen molar-refractivity contribution in [2.24, 2.45) is 5.73 Å². The Balaban J connectivity index is 2.78. The van der Waals surface area contributed by atoms with Crippen LogP contribution in [0.2, 0.25) is 0 Å². The molecule has 0 radical (unpaired) electrons. The maximum atomic E-state index is 8.50. The Morgan fingerprint density at radius 3 is 2.36 bits per heavy atom. The van der Waals surface area contributed by atoms with Gasteiger partial charge in [-0.3, -0.25) is 0 Å². The first kappa shape index (κ1) is 10.6. The molecule has 2 N–H and O–H groups in total. The summed E-state index contributed by atoms with van der Waals surface area (Å²) >= 11 is 0. The van der Waals surface area contributed by atoms with Gasteiger partial charge >= 0.3 is 0 Å². The van der Waals surface area contributed by atoms with Crippen molar-refractivity contribution in [3.8, 4) is 6.07 Å². The Kier molecular flexibility index (Phi) is 3.49. The number of benzene rings is 1. The molecule has 0 aliphatic carbocycles. The number of hydrogen-bond donors (Lipinski definition) is 1. The SMILES string of the molecule is CN(C)c1ccc(C(N)CC#N)cc1. The van der Waals surface area contributed by atoms with Gasteiger partial charge < -0.3 is 10.6 Å². The van der Waals surface area contributed by atoms with Gasteiger partial charge in [-0.1, -0.05) is 12.1 Å². The van der Waals surface area contributed by atoms with Crippen LogP contribution in [0, 0.1) is 11.3 Å². The molecule has 74 valence electrons. The number of anilines is 1. The Morgan fingerprint density at radius 1 is 1.36 bits per heavy atom. The first-order valence-corrected chi connectivity index (χ1v) is 4.55. The van der Waals surface area contributed by atoms with Gasteiger partial charge in [0, 0.05) is 25.8 Å².